The maximum atomic E-state index is 13.8. The van der Waals surface area contributed by atoms with Crippen molar-refractivity contribution in [2.24, 2.45) is 5.92 Å². The normalized spacial score (nSPS) is 16.2. The Labute approximate surface area is 137 Å². The predicted octanol–water partition coefficient (Wildman–Crippen LogP) is 3.16. The fourth-order valence-electron chi connectivity index (χ4n) is 2.65. The van der Waals surface area contributed by atoms with Gasteiger partial charge in [0.2, 0.25) is 0 Å². The number of piperidine rings is 1. The summed E-state index contributed by atoms with van der Waals surface area (Å²) < 4.78 is 14.0. The Morgan fingerprint density at radius 2 is 2.14 bits per heavy atom. The summed E-state index contributed by atoms with van der Waals surface area (Å²) in [5.74, 6) is 0.194. The smallest absolute Gasteiger partial charge is 0.293 e. The van der Waals surface area contributed by atoms with Gasteiger partial charge < -0.3 is 10.2 Å². The number of anilines is 1. The number of nitro groups is 1. The molecule has 1 aromatic carbocycles. The van der Waals surface area contributed by atoms with E-state index in [1.807, 2.05) is 4.90 Å². The second-order valence-corrected chi connectivity index (χ2v) is 6.41. The molecule has 1 aliphatic heterocycles. The van der Waals surface area contributed by atoms with Gasteiger partial charge in [-0.1, -0.05) is 6.92 Å². The summed E-state index contributed by atoms with van der Waals surface area (Å²) >= 11 is 1.78. The maximum absolute atomic E-state index is 13.8. The number of benzene rings is 1. The molecule has 21 heavy (non-hydrogen) atoms. The lowest BCUT2D eigenvalue weighted by Gasteiger charge is -2.33. The van der Waals surface area contributed by atoms with E-state index in [1.54, 1.807) is 22.6 Å². The summed E-state index contributed by atoms with van der Waals surface area (Å²) in [5, 5.41) is 14.5. The van der Waals surface area contributed by atoms with Crippen molar-refractivity contribution in [1.82, 2.24) is 5.32 Å². The highest BCUT2D eigenvalue weighted by Crippen LogP contribution is 2.34. The molecule has 1 heterocycles. The van der Waals surface area contributed by atoms with Crippen LogP contribution in [0.1, 0.15) is 19.8 Å². The van der Waals surface area contributed by atoms with E-state index < -0.39 is 10.7 Å². The van der Waals surface area contributed by atoms with Crippen molar-refractivity contribution in [2.75, 3.05) is 31.1 Å². The third kappa shape index (κ3) is 4.03. The molecule has 0 unspecified atom stereocenters. The van der Waals surface area contributed by atoms with Gasteiger partial charge >= 0.3 is 0 Å². The largest absolute Gasteiger partial charge is 0.366 e. The van der Waals surface area contributed by atoms with Crippen LogP contribution in [0.4, 0.5) is 15.8 Å². The second kappa shape index (κ2) is 7.35. The number of nitrogens with one attached hydrogen (secondary N) is 1. The minimum atomic E-state index is -0.429. The van der Waals surface area contributed by atoms with Gasteiger partial charge in [-0.15, -0.1) is 0 Å². The van der Waals surface area contributed by atoms with Gasteiger partial charge in [0, 0.05) is 25.2 Å². The van der Waals surface area contributed by atoms with Gasteiger partial charge in [0.25, 0.3) is 5.69 Å². The molecule has 1 saturated heterocycles. The minimum Gasteiger partial charge on any atom is -0.366 e. The molecule has 0 saturated carbocycles. The molecule has 0 radical (unpaired) electrons. The van der Waals surface area contributed by atoms with Crippen LogP contribution in [0.2, 0.25) is 0 Å². The number of nitrogens with zero attached hydrogens (tertiary/aromatic N) is 2. The molecule has 0 aromatic heterocycles. The van der Waals surface area contributed by atoms with Gasteiger partial charge in [-0.05, 0) is 54.4 Å². The average Bonchev–Trinajstić information content (AvgIpc) is 2.48. The van der Waals surface area contributed by atoms with Crippen molar-refractivity contribution in [2.45, 2.75) is 19.8 Å². The highest BCUT2D eigenvalue weighted by molar-refractivity contribution is 14.1. The monoisotopic (exact) mass is 407 g/mol. The standard InChI is InChI=1S/C14H19FIN3O2/c1-2-17-9-10-3-5-18(6-4-10)13-7-11(15)12(16)8-14(13)19(20)21/h7-8,10,17H,2-6,9H2,1H3. The van der Waals surface area contributed by atoms with Crippen LogP contribution in [0.25, 0.3) is 0 Å². The van der Waals surface area contributed by atoms with E-state index in [4.69, 9.17) is 0 Å². The van der Waals surface area contributed by atoms with Gasteiger partial charge in [-0.2, -0.15) is 0 Å². The van der Waals surface area contributed by atoms with E-state index in [-0.39, 0.29) is 9.26 Å². The third-order valence-electron chi connectivity index (χ3n) is 3.85. The number of hydrogen-bond acceptors (Lipinski definition) is 4. The second-order valence-electron chi connectivity index (χ2n) is 5.25. The van der Waals surface area contributed by atoms with Crippen molar-refractivity contribution in [3.63, 3.8) is 0 Å². The molecule has 1 aliphatic rings. The van der Waals surface area contributed by atoms with Crippen LogP contribution < -0.4 is 10.2 Å². The van der Waals surface area contributed by atoms with Crippen molar-refractivity contribution in [3.8, 4) is 0 Å². The topological polar surface area (TPSA) is 58.4 Å². The zero-order valence-electron chi connectivity index (χ0n) is 11.9. The summed E-state index contributed by atoms with van der Waals surface area (Å²) in [7, 11) is 0. The first-order valence-corrected chi connectivity index (χ1v) is 8.20. The third-order valence-corrected chi connectivity index (χ3v) is 4.68. The zero-order chi connectivity index (χ0) is 15.4. The Balaban J connectivity index is 2.12. The van der Waals surface area contributed by atoms with Crippen LogP contribution in [-0.2, 0) is 0 Å². The lowest BCUT2D eigenvalue weighted by atomic mass is 9.96. The van der Waals surface area contributed by atoms with E-state index in [2.05, 4.69) is 12.2 Å². The Bertz CT molecular complexity index is 519. The van der Waals surface area contributed by atoms with Crippen molar-refractivity contribution < 1.29 is 9.31 Å². The quantitative estimate of drug-likeness (QED) is 0.463. The summed E-state index contributed by atoms with van der Waals surface area (Å²) in [6.07, 6.45) is 1.94. The Kier molecular flexibility index (Phi) is 5.74. The van der Waals surface area contributed by atoms with Gasteiger partial charge in [0.05, 0.1) is 8.49 Å². The van der Waals surface area contributed by atoms with Crippen molar-refractivity contribution in [1.29, 1.82) is 0 Å². The highest BCUT2D eigenvalue weighted by Gasteiger charge is 2.26. The Morgan fingerprint density at radius 1 is 1.48 bits per heavy atom. The average molecular weight is 407 g/mol. The number of rotatable bonds is 5. The predicted molar refractivity (Wildman–Crippen MR) is 89.3 cm³/mol. The van der Waals surface area contributed by atoms with Crippen LogP contribution >= 0.6 is 22.6 Å². The van der Waals surface area contributed by atoms with Gasteiger partial charge in [-0.3, -0.25) is 10.1 Å². The molecule has 0 aliphatic carbocycles. The molecule has 0 amide bonds. The summed E-state index contributed by atoms with van der Waals surface area (Å²) in [6, 6.07) is 2.61. The number of nitro benzene ring substituents is 1. The lowest BCUT2D eigenvalue weighted by Crippen LogP contribution is -2.37. The van der Waals surface area contributed by atoms with Crippen LogP contribution in [0.15, 0.2) is 12.1 Å². The summed E-state index contributed by atoms with van der Waals surface area (Å²) in [6.45, 7) is 5.47. The summed E-state index contributed by atoms with van der Waals surface area (Å²) in [4.78, 5) is 12.7. The van der Waals surface area contributed by atoms with E-state index >= 15 is 0 Å². The fourth-order valence-corrected chi connectivity index (χ4v) is 3.10. The first-order valence-electron chi connectivity index (χ1n) is 7.12. The minimum absolute atomic E-state index is 0.00840. The Morgan fingerprint density at radius 3 is 2.71 bits per heavy atom. The zero-order valence-corrected chi connectivity index (χ0v) is 14.1. The molecule has 5 nitrogen and oxygen atoms in total. The molecule has 7 heteroatoms. The molecule has 1 fully saturated rings. The molecule has 116 valence electrons. The first kappa shape index (κ1) is 16.4. The molecule has 0 atom stereocenters. The van der Waals surface area contributed by atoms with E-state index in [0.29, 0.717) is 11.6 Å². The molecule has 0 spiro atoms. The number of halogens is 2. The van der Waals surface area contributed by atoms with Crippen LogP contribution in [0.3, 0.4) is 0 Å². The molecular weight excluding hydrogens is 388 g/mol. The molecule has 2 rings (SSSR count). The molecule has 1 N–H and O–H groups in total. The van der Waals surface area contributed by atoms with Gasteiger partial charge in [-0.25, -0.2) is 4.39 Å². The molecular formula is C14H19FIN3O2. The SMILES string of the molecule is CCNCC1CCN(c2cc(F)c(I)cc2[N+](=O)[O-])CC1. The van der Waals surface area contributed by atoms with E-state index in [1.165, 1.54) is 12.1 Å². The van der Waals surface area contributed by atoms with Crippen LogP contribution in [0.5, 0.6) is 0 Å². The Hall–Kier alpha value is -0.960. The van der Waals surface area contributed by atoms with Gasteiger partial charge in [0.15, 0.2) is 0 Å². The van der Waals surface area contributed by atoms with Crippen molar-refractivity contribution in [3.05, 3.63) is 31.6 Å². The van der Waals surface area contributed by atoms with E-state index in [9.17, 15) is 14.5 Å². The summed E-state index contributed by atoms with van der Waals surface area (Å²) in [5.41, 5.74) is 0.394. The number of hydrogen-bond donors (Lipinski definition) is 1. The van der Waals surface area contributed by atoms with Gasteiger partial charge in [0.1, 0.15) is 11.5 Å². The fraction of sp³-hybridized carbons (Fsp3) is 0.571. The van der Waals surface area contributed by atoms with Crippen LogP contribution in [0, 0.1) is 25.4 Å². The molecule has 1 aromatic rings. The lowest BCUT2D eigenvalue weighted by molar-refractivity contribution is -0.384. The highest BCUT2D eigenvalue weighted by atomic mass is 127. The first-order chi connectivity index (χ1) is 10.0. The van der Waals surface area contributed by atoms with Crippen LogP contribution in [-0.4, -0.2) is 31.1 Å². The maximum Gasteiger partial charge on any atom is 0.293 e. The molecule has 0 bridgehead atoms. The van der Waals surface area contributed by atoms with Crippen molar-refractivity contribution >= 4 is 34.0 Å². The van der Waals surface area contributed by atoms with E-state index in [0.717, 1.165) is 39.0 Å².